The molecule has 0 aliphatic carbocycles. The van der Waals surface area contributed by atoms with E-state index in [9.17, 15) is 14.9 Å². The zero-order chi connectivity index (χ0) is 20.7. The van der Waals surface area contributed by atoms with E-state index in [0.29, 0.717) is 34.0 Å². The van der Waals surface area contributed by atoms with Crippen molar-refractivity contribution in [3.8, 4) is 5.75 Å². The molecule has 2 N–H and O–H groups in total. The molecule has 0 saturated carbocycles. The predicted octanol–water partition coefficient (Wildman–Crippen LogP) is 4.91. The van der Waals surface area contributed by atoms with E-state index < -0.39 is 4.92 Å². The van der Waals surface area contributed by atoms with Crippen molar-refractivity contribution in [2.75, 3.05) is 11.9 Å². The highest BCUT2D eigenvalue weighted by Gasteiger charge is 2.12. The molecule has 0 bridgehead atoms. The Bertz CT molecular complexity index is 872. The van der Waals surface area contributed by atoms with Crippen LogP contribution in [0.1, 0.15) is 30.6 Å². The Morgan fingerprint density at radius 3 is 2.50 bits per heavy atom. The maximum atomic E-state index is 12.4. The number of carbonyl (C=O) groups excluding carboxylic acids is 1. The zero-order valence-corrected chi connectivity index (χ0v) is 17.8. The van der Waals surface area contributed by atoms with Crippen molar-refractivity contribution in [3.63, 3.8) is 0 Å². The van der Waals surface area contributed by atoms with E-state index in [2.05, 4.69) is 40.4 Å². The molecule has 0 fully saturated rings. The van der Waals surface area contributed by atoms with Crippen molar-refractivity contribution < 1.29 is 14.5 Å². The topological polar surface area (TPSA) is 93.5 Å². The third-order valence-corrected chi connectivity index (χ3v) is 4.53. The second kappa shape index (κ2) is 10.1. The molecule has 0 heterocycles. The molecule has 0 unspecified atom stereocenters. The van der Waals surface area contributed by atoms with E-state index in [1.807, 2.05) is 0 Å². The van der Waals surface area contributed by atoms with Crippen LogP contribution in [0.15, 0.2) is 46.9 Å². The number of anilines is 1. The van der Waals surface area contributed by atoms with E-state index in [1.165, 1.54) is 24.3 Å². The number of hydrogen-bond acceptors (Lipinski definition) is 5. The number of nitrogens with one attached hydrogen (secondary N) is 2. The van der Waals surface area contributed by atoms with Gasteiger partial charge in [-0.2, -0.15) is 0 Å². The summed E-state index contributed by atoms with van der Waals surface area (Å²) >= 11 is 8.54. The first kappa shape index (κ1) is 21.8. The Kier molecular flexibility index (Phi) is 7.89. The summed E-state index contributed by atoms with van der Waals surface area (Å²) in [5.41, 5.74) is 0.919. The molecule has 0 aliphatic rings. The molecule has 2 aromatic rings. The van der Waals surface area contributed by atoms with Crippen LogP contribution in [0.4, 0.5) is 11.4 Å². The Labute approximate surface area is 176 Å². The summed E-state index contributed by atoms with van der Waals surface area (Å²) in [7, 11) is 0. The summed E-state index contributed by atoms with van der Waals surface area (Å²) in [4.78, 5) is 22.5. The fraction of sp³-hybridized carbons (Fsp3) is 0.263. The fourth-order valence-electron chi connectivity index (χ4n) is 2.17. The van der Waals surface area contributed by atoms with E-state index in [1.54, 1.807) is 18.2 Å². The molecule has 0 aliphatic heterocycles. The molecule has 2 rings (SSSR count). The minimum Gasteiger partial charge on any atom is -0.492 e. The number of halogens is 1. The first-order valence-electron chi connectivity index (χ1n) is 8.55. The van der Waals surface area contributed by atoms with Gasteiger partial charge in [0.25, 0.3) is 11.6 Å². The second-order valence-corrected chi connectivity index (χ2v) is 7.65. The monoisotopic (exact) mass is 465 g/mol. The van der Waals surface area contributed by atoms with Gasteiger partial charge in [-0.1, -0.05) is 13.8 Å². The summed E-state index contributed by atoms with van der Waals surface area (Å²) in [6, 6.07) is 10.8. The van der Waals surface area contributed by atoms with Crippen LogP contribution in [0.25, 0.3) is 0 Å². The number of nitro groups is 1. The molecule has 2 aromatic carbocycles. The van der Waals surface area contributed by atoms with Crippen molar-refractivity contribution in [3.05, 3.63) is 62.6 Å². The smallest absolute Gasteiger partial charge is 0.269 e. The Morgan fingerprint density at radius 2 is 1.93 bits per heavy atom. The molecule has 0 saturated heterocycles. The number of ether oxygens (including phenoxy) is 1. The highest BCUT2D eigenvalue weighted by Crippen LogP contribution is 2.26. The van der Waals surface area contributed by atoms with Gasteiger partial charge in [0, 0.05) is 23.4 Å². The molecule has 28 heavy (non-hydrogen) atoms. The number of hydrogen-bond donors (Lipinski definition) is 2. The Balaban J connectivity index is 1.93. The van der Waals surface area contributed by atoms with Gasteiger partial charge in [-0.3, -0.25) is 20.2 Å². The number of nitrogens with zero attached hydrogens (tertiary/aromatic N) is 1. The quantitative estimate of drug-likeness (QED) is 0.342. The first-order chi connectivity index (χ1) is 13.3. The number of benzene rings is 2. The van der Waals surface area contributed by atoms with Crippen LogP contribution in [0.5, 0.6) is 5.75 Å². The largest absolute Gasteiger partial charge is 0.492 e. The molecule has 148 valence electrons. The molecule has 0 spiro atoms. The van der Waals surface area contributed by atoms with Gasteiger partial charge in [-0.15, -0.1) is 0 Å². The van der Waals surface area contributed by atoms with Crippen LogP contribution in [0.2, 0.25) is 0 Å². The first-order valence-corrected chi connectivity index (χ1v) is 9.75. The minimum atomic E-state index is -0.488. The molecule has 1 amide bonds. The van der Waals surface area contributed by atoms with Gasteiger partial charge in [0.15, 0.2) is 5.11 Å². The highest BCUT2D eigenvalue weighted by molar-refractivity contribution is 9.10. The van der Waals surface area contributed by atoms with Gasteiger partial charge in [0.05, 0.1) is 16.0 Å². The summed E-state index contributed by atoms with van der Waals surface area (Å²) in [6.07, 6.45) is 0.942. The van der Waals surface area contributed by atoms with Crippen LogP contribution >= 0.6 is 28.1 Å². The zero-order valence-electron chi connectivity index (χ0n) is 15.4. The lowest BCUT2D eigenvalue weighted by Crippen LogP contribution is -2.34. The third-order valence-electron chi connectivity index (χ3n) is 3.71. The maximum Gasteiger partial charge on any atom is 0.269 e. The number of non-ortho nitro benzene ring substituents is 1. The van der Waals surface area contributed by atoms with Crippen molar-refractivity contribution >= 4 is 50.5 Å². The van der Waals surface area contributed by atoms with Crippen LogP contribution in [0, 0.1) is 16.0 Å². The normalized spacial score (nSPS) is 10.4. The number of nitro benzene ring substituents is 1. The molecular formula is C19H20BrN3O4S. The van der Waals surface area contributed by atoms with Crippen LogP contribution in [-0.2, 0) is 0 Å². The van der Waals surface area contributed by atoms with Crippen molar-refractivity contribution in [2.45, 2.75) is 20.3 Å². The molecule has 7 nitrogen and oxygen atoms in total. The minimum absolute atomic E-state index is 0.0268. The molecule has 0 atom stereocenters. The summed E-state index contributed by atoms with van der Waals surface area (Å²) in [6.45, 7) is 4.85. The molecular weight excluding hydrogens is 446 g/mol. The summed E-state index contributed by atoms with van der Waals surface area (Å²) < 4.78 is 6.38. The second-order valence-electron chi connectivity index (χ2n) is 6.39. The molecule has 0 aromatic heterocycles. The third kappa shape index (κ3) is 6.58. The lowest BCUT2D eigenvalue weighted by molar-refractivity contribution is -0.384. The van der Waals surface area contributed by atoms with Gasteiger partial charge < -0.3 is 10.1 Å². The maximum absolute atomic E-state index is 12.4. The van der Waals surface area contributed by atoms with Gasteiger partial charge in [-0.25, -0.2) is 0 Å². The van der Waals surface area contributed by atoms with Gasteiger partial charge in [0.1, 0.15) is 5.75 Å². The predicted molar refractivity (Wildman–Crippen MR) is 116 cm³/mol. The van der Waals surface area contributed by atoms with Gasteiger partial charge in [-0.05, 0) is 70.8 Å². The fourth-order valence-corrected chi connectivity index (χ4v) is 2.87. The van der Waals surface area contributed by atoms with Crippen molar-refractivity contribution in [1.82, 2.24) is 5.32 Å². The van der Waals surface area contributed by atoms with Crippen LogP contribution in [0.3, 0.4) is 0 Å². The SMILES string of the molecule is CC(C)CCOc1ccc(C(=O)NC(=S)Nc2ccc([N+](=O)[O-])cc2)cc1Br. The Morgan fingerprint density at radius 1 is 1.25 bits per heavy atom. The van der Waals surface area contributed by atoms with Crippen LogP contribution in [-0.4, -0.2) is 22.5 Å². The molecule has 0 radical (unpaired) electrons. The van der Waals surface area contributed by atoms with E-state index in [4.69, 9.17) is 17.0 Å². The van der Waals surface area contributed by atoms with E-state index in [0.717, 1.165) is 6.42 Å². The summed E-state index contributed by atoms with van der Waals surface area (Å²) in [5.74, 6) is 0.839. The number of thiocarbonyl (C=S) groups is 1. The highest BCUT2D eigenvalue weighted by atomic mass is 79.9. The van der Waals surface area contributed by atoms with Crippen LogP contribution < -0.4 is 15.4 Å². The average Bonchev–Trinajstić information content (AvgIpc) is 2.63. The van der Waals surface area contributed by atoms with Gasteiger partial charge >= 0.3 is 0 Å². The summed E-state index contributed by atoms with van der Waals surface area (Å²) in [5, 5.41) is 16.1. The standard InChI is InChI=1S/C19H20BrN3O4S/c1-12(2)9-10-27-17-8-3-13(11-16(17)20)18(24)22-19(28)21-14-4-6-15(7-5-14)23(25)26/h3-8,11-12H,9-10H2,1-2H3,(H2,21,22,24,28). The van der Waals surface area contributed by atoms with E-state index >= 15 is 0 Å². The molecule has 9 heteroatoms. The van der Waals surface area contributed by atoms with E-state index in [-0.39, 0.29) is 16.7 Å². The lowest BCUT2D eigenvalue weighted by Gasteiger charge is -2.12. The Hall–Kier alpha value is -2.52. The lowest BCUT2D eigenvalue weighted by atomic mass is 10.1. The van der Waals surface area contributed by atoms with Gasteiger partial charge in [0.2, 0.25) is 0 Å². The number of amides is 1. The van der Waals surface area contributed by atoms with Crippen molar-refractivity contribution in [1.29, 1.82) is 0 Å². The number of rotatable bonds is 7. The van der Waals surface area contributed by atoms with Crippen molar-refractivity contribution in [2.24, 2.45) is 5.92 Å². The number of carbonyl (C=O) groups is 1. The average molecular weight is 466 g/mol.